The Morgan fingerprint density at radius 3 is 2.30 bits per heavy atom. The van der Waals surface area contributed by atoms with Crippen molar-refractivity contribution in [1.29, 1.82) is 0 Å². The Labute approximate surface area is 151 Å². The molecule has 0 spiro atoms. The quantitative estimate of drug-likeness (QED) is 0.348. The number of methoxy groups -OCH3 is 1. The van der Waals surface area contributed by atoms with Gasteiger partial charge in [0.2, 0.25) is 0 Å². The predicted molar refractivity (Wildman–Crippen MR) is 91.9 cm³/mol. The van der Waals surface area contributed by atoms with E-state index >= 15 is 0 Å². The summed E-state index contributed by atoms with van der Waals surface area (Å²) in [7, 11) is 1.16. The van der Waals surface area contributed by atoms with Crippen molar-refractivity contribution in [1.82, 2.24) is 0 Å². The van der Waals surface area contributed by atoms with E-state index in [4.69, 9.17) is 0 Å². The normalized spacial score (nSPS) is 10.1. The van der Waals surface area contributed by atoms with Crippen LogP contribution < -0.4 is 5.32 Å². The minimum atomic E-state index is -0.902. The van der Waals surface area contributed by atoms with Crippen LogP contribution in [0.1, 0.15) is 26.3 Å². The lowest BCUT2D eigenvalue weighted by molar-refractivity contribution is -0.394. The van der Waals surface area contributed by atoms with E-state index in [-0.39, 0.29) is 22.4 Å². The molecule has 1 amide bonds. The molecule has 0 heterocycles. The Balaban J connectivity index is 2.42. The van der Waals surface area contributed by atoms with Gasteiger partial charge in [-0.25, -0.2) is 4.79 Å². The predicted octanol–water partition coefficient (Wildman–Crippen LogP) is 2.56. The van der Waals surface area contributed by atoms with Gasteiger partial charge in [-0.2, -0.15) is 0 Å². The highest BCUT2D eigenvalue weighted by molar-refractivity contribution is 6.07. The number of carbonyl (C=O) groups excluding carboxylic acids is 2. The van der Waals surface area contributed by atoms with Gasteiger partial charge in [-0.15, -0.1) is 0 Å². The van der Waals surface area contributed by atoms with Gasteiger partial charge in [0.1, 0.15) is 5.75 Å². The maximum Gasteiger partial charge on any atom is 0.337 e. The Hall–Kier alpha value is -4.02. The zero-order valence-electron chi connectivity index (χ0n) is 14.1. The highest BCUT2D eigenvalue weighted by Crippen LogP contribution is 2.30. The molecule has 0 aliphatic carbocycles. The van der Waals surface area contributed by atoms with Crippen molar-refractivity contribution in [3.8, 4) is 5.75 Å². The number of amides is 1. The number of hydrogen-bond donors (Lipinski definition) is 2. The lowest BCUT2D eigenvalue weighted by Crippen LogP contribution is -2.15. The third-order valence-corrected chi connectivity index (χ3v) is 3.68. The summed E-state index contributed by atoms with van der Waals surface area (Å²) in [5, 5.41) is 34.3. The number of nitrogens with zero attached hydrogens (tertiary/aromatic N) is 2. The zero-order valence-corrected chi connectivity index (χ0v) is 14.1. The fourth-order valence-electron chi connectivity index (χ4n) is 2.29. The molecule has 11 nitrogen and oxygen atoms in total. The third-order valence-electron chi connectivity index (χ3n) is 3.68. The standard InChI is InChI=1S/C16H13N3O8/c1-8-11(6-10(18(23)24)7-13(8)19(25)26)15(21)17-12-4-3-9(5-14(12)20)16(22)27-2/h3-7,20H,1-2H3,(H,17,21). The summed E-state index contributed by atoms with van der Waals surface area (Å²) in [6, 6.07) is 5.22. The molecule has 2 N–H and O–H groups in total. The molecule has 0 saturated heterocycles. The van der Waals surface area contributed by atoms with Crippen molar-refractivity contribution in [3.05, 3.63) is 67.3 Å². The van der Waals surface area contributed by atoms with Gasteiger partial charge in [-0.05, 0) is 25.1 Å². The fourth-order valence-corrected chi connectivity index (χ4v) is 2.29. The average Bonchev–Trinajstić information content (AvgIpc) is 2.62. The number of aromatic hydroxyl groups is 1. The number of anilines is 1. The number of nitro benzene ring substituents is 2. The van der Waals surface area contributed by atoms with Crippen molar-refractivity contribution in [2.24, 2.45) is 0 Å². The van der Waals surface area contributed by atoms with Gasteiger partial charge >= 0.3 is 5.97 Å². The summed E-state index contributed by atoms with van der Waals surface area (Å²) in [6.07, 6.45) is 0. The zero-order chi connectivity index (χ0) is 20.3. The number of hydrogen-bond acceptors (Lipinski definition) is 8. The molecule has 2 rings (SSSR count). The second-order valence-electron chi connectivity index (χ2n) is 5.33. The summed E-state index contributed by atoms with van der Waals surface area (Å²) >= 11 is 0. The number of non-ortho nitro benzene ring substituents is 1. The minimum absolute atomic E-state index is 0.0372. The van der Waals surface area contributed by atoms with Crippen LogP contribution in [-0.2, 0) is 4.74 Å². The van der Waals surface area contributed by atoms with Crippen LogP contribution in [0.3, 0.4) is 0 Å². The van der Waals surface area contributed by atoms with Crippen LogP contribution in [0.5, 0.6) is 5.75 Å². The molecule has 0 aromatic heterocycles. The van der Waals surface area contributed by atoms with Gasteiger partial charge in [-0.3, -0.25) is 25.0 Å². The van der Waals surface area contributed by atoms with E-state index in [1.54, 1.807) is 0 Å². The molecule has 0 unspecified atom stereocenters. The van der Waals surface area contributed by atoms with E-state index in [1.165, 1.54) is 19.1 Å². The van der Waals surface area contributed by atoms with Crippen LogP contribution in [0.25, 0.3) is 0 Å². The molecule has 2 aromatic rings. The van der Waals surface area contributed by atoms with Gasteiger partial charge in [0.15, 0.2) is 0 Å². The number of nitro groups is 2. The summed E-state index contributed by atoms with van der Waals surface area (Å²) in [5.41, 5.74) is -1.64. The second-order valence-corrected chi connectivity index (χ2v) is 5.33. The summed E-state index contributed by atoms with van der Waals surface area (Å²) < 4.78 is 4.50. The first kappa shape index (κ1) is 19.3. The number of phenolic OH excluding ortho intramolecular Hbond substituents is 1. The Morgan fingerprint density at radius 1 is 1.11 bits per heavy atom. The minimum Gasteiger partial charge on any atom is -0.506 e. The largest absolute Gasteiger partial charge is 0.506 e. The maximum atomic E-state index is 12.5. The molecule has 0 aliphatic rings. The van der Waals surface area contributed by atoms with E-state index in [1.807, 2.05) is 0 Å². The van der Waals surface area contributed by atoms with Gasteiger partial charge in [-0.1, -0.05) is 0 Å². The van der Waals surface area contributed by atoms with E-state index in [2.05, 4.69) is 10.1 Å². The van der Waals surface area contributed by atoms with Crippen molar-refractivity contribution < 1.29 is 29.3 Å². The Morgan fingerprint density at radius 2 is 1.78 bits per heavy atom. The first-order valence-electron chi connectivity index (χ1n) is 7.31. The Bertz CT molecular complexity index is 970. The topological polar surface area (TPSA) is 162 Å². The second kappa shape index (κ2) is 7.47. The van der Waals surface area contributed by atoms with Crippen molar-refractivity contribution in [2.45, 2.75) is 6.92 Å². The molecule has 0 fully saturated rings. The van der Waals surface area contributed by atoms with Crippen LogP contribution in [0, 0.1) is 27.2 Å². The number of esters is 1. The average molecular weight is 375 g/mol. The van der Waals surface area contributed by atoms with Gasteiger partial charge in [0, 0.05) is 11.6 Å². The number of rotatable bonds is 5. The highest BCUT2D eigenvalue weighted by atomic mass is 16.6. The molecule has 140 valence electrons. The van der Waals surface area contributed by atoms with Crippen LogP contribution in [0.4, 0.5) is 17.1 Å². The smallest absolute Gasteiger partial charge is 0.337 e. The number of nitrogens with one attached hydrogen (secondary N) is 1. The van der Waals surface area contributed by atoms with Crippen molar-refractivity contribution >= 4 is 28.9 Å². The first-order chi connectivity index (χ1) is 12.6. The molecule has 11 heteroatoms. The monoisotopic (exact) mass is 375 g/mol. The molecule has 0 aliphatic heterocycles. The molecular weight excluding hydrogens is 362 g/mol. The first-order valence-corrected chi connectivity index (χ1v) is 7.31. The van der Waals surface area contributed by atoms with Crippen molar-refractivity contribution in [3.63, 3.8) is 0 Å². The van der Waals surface area contributed by atoms with Crippen LogP contribution in [0.15, 0.2) is 30.3 Å². The lowest BCUT2D eigenvalue weighted by atomic mass is 10.0. The van der Waals surface area contributed by atoms with E-state index < -0.39 is 38.8 Å². The number of benzene rings is 2. The van der Waals surface area contributed by atoms with Crippen LogP contribution in [0.2, 0.25) is 0 Å². The molecule has 0 bridgehead atoms. The number of ether oxygens (including phenoxy) is 1. The third kappa shape index (κ3) is 3.98. The van der Waals surface area contributed by atoms with Gasteiger partial charge in [0.05, 0.1) is 39.8 Å². The maximum absolute atomic E-state index is 12.5. The molecule has 0 radical (unpaired) electrons. The summed E-state index contributed by atoms with van der Waals surface area (Å²) in [5.74, 6) is -2.06. The van der Waals surface area contributed by atoms with Gasteiger partial charge in [0.25, 0.3) is 17.3 Å². The molecule has 2 aromatic carbocycles. The van der Waals surface area contributed by atoms with E-state index in [9.17, 15) is 34.9 Å². The fraction of sp³-hybridized carbons (Fsp3) is 0.125. The number of carbonyl (C=O) groups is 2. The SMILES string of the molecule is COC(=O)c1ccc(NC(=O)c2cc([N+](=O)[O-])cc([N+](=O)[O-])c2C)c(O)c1. The highest BCUT2D eigenvalue weighted by Gasteiger charge is 2.25. The number of phenols is 1. The lowest BCUT2D eigenvalue weighted by Gasteiger charge is -2.10. The Kier molecular flexibility index (Phi) is 5.34. The molecular formula is C16H13N3O8. The van der Waals surface area contributed by atoms with E-state index in [0.717, 1.165) is 25.3 Å². The van der Waals surface area contributed by atoms with Crippen molar-refractivity contribution in [2.75, 3.05) is 12.4 Å². The molecule has 27 heavy (non-hydrogen) atoms. The van der Waals surface area contributed by atoms with E-state index in [0.29, 0.717) is 0 Å². The molecule has 0 saturated carbocycles. The van der Waals surface area contributed by atoms with Crippen LogP contribution in [-0.4, -0.2) is 33.9 Å². The summed E-state index contributed by atoms with van der Waals surface area (Å²) in [4.78, 5) is 44.2. The molecule has 0 atom stereocenters. The van der Waals surface area contributed by atoms with Crippen LogP contribution >= 0.6 is 0 Å². The van der Waals surface area contributed by atoms with Gasteiger partial charge < -0.3 is 15.2 Å². The summed E-state index contributed by atoms with van der Waals surface area (Å²) in [6.45, 7) is 1.27.